The second-order valence-corrected chi connectivity index (χ2v) is 8.30. The van der Waals surface area contributed by atoms with Gasteiger partial charge in [-0.2, -0.15) is 0 Å². The first kappa shape index (κ1) is 23.6. The number of Topliss-reactive ketones (excluding diaryl/α,β-unsaturated/α-hetero) is 1. The number of aryl methyl sites for hydroxylation is 1. The van der Waals surface area contributed by atoms with Crippen LogP contribution < -0.4 is 9.47 Å². The van der Waals surface area contributed by atoms with Gasteiger partial charge in [0.1, 0.15) is 17.3 Å². The maximum Gasteiger partial charge on any atom is 0.295 e. The van der Waals surface area contributed by atoms with Crippen molar-refractivity contribution in [3.63, 3.8) is 0 Å². The number of rotatable bonds is 7. The lowest BCUT2D eigenvalue weighted by molar-refractivity contribution is -0.140. The van der Waals surface area contributed by atoms with Crippen molar-refractivity contribution >= 4 is 29.1 Å². The summed E-state index contributed by atoms with van der Waals surface area (Å²) >= 11 is 6.20. The van der Waals surface area contributed by atoms with Crippen LogP contribution in [0.1, 0.15) is 22.7 Å². The second kappa shape index (κ2) is 9.63. The van der Waals surface area contributed by atoms with Crippen LogP contribution in [0.25, 0.3) is 5.76 Å². The van der Waals surface area contributed by atoms with Crippen molar-refractivity contribution in [1.29, 1.82) is 0 Å². The topological polar surface area (TPSA) is 79.3 Å². The van der Waals surface area contributed by atoms with Gasteiger partial charge in [0.2, 0.25) is 0 Å². The quantitative estimate of drug-likeness (QED) is 0.387. The molecule has 0 bridgehead atoms. The molecule has 0 spiro atoms. The molecule has 8 heteroatoms. The minimum Gasteiger partial charge on any atom is -0.507 e. The van der Waals surface area contributed by atoms with Gasteiger partial charge in [-0.3, -0.25) is 9.59 Å². The van der Waals surface area contributed by atoms with Crippen LogP contribution in [0.3, 0.4) is 0 Å². The summed E-state index contributed by atoms with van der Waals surface area (Å²) in [5.74, 6) is -1.17. The number of aliphatic hydroxyl groups excluding tert-OH is 1. The van der Waals surface area contributed by atoms with Gasteiger partial charge >= 0.3 is 0 Å². The highest BCUT2D eigenvalue weighted by Gasteiger charge is 2.46. The van der Waals surface area contributed by atoms with Crippen molar-refractivity contribution in [3.8, 4) is 11.5 Å². The molecule has 0 aromatic heterocycles. The SMILES string of the molecule is COc1cc(/C(O)=C2\C(=O)C(=O)N(CCN(C)C)C2c2cccc(C)c2)c(OC)cc1Cl. The van der Waals surface area contributed by atoms with Gasteiger partial charge in [-0.25, -0.2) is 0 Å². The molecular formula is C24H27ClN2O5. The van der Waals surface area contributed by atoms with Crippen molar-refractivity contribution in [2.24, 2.45) is 0 Å². The van der Waals surface area contributed by atoms with Crippen LogP contribution in [0, 0.1) is 6.92 Å². The second-order valence-electron chi connectivity index (χ2n) is 7.90. The Kier molecular flexibility index (Phi) is 7.11. The average Bonchev–Trinajstić information content (AvgIpc) is 3.01. The number of hydrogen-bond donors (Lipinski definition) is 1. The van der Waals surface area contributed by atoms with Gasteiger partial charge in [-0.05, 0) is 32.6 Å². The van der Waals surface area contributed by atoms with Gasteiger partial charge in [0.15, 0.2) is 0 Å². The van der Waals surface area contributed by atoms with E-state index in [1.54, 1.807) is 0 Å². The van der Waals surface area contributed by atoms with Crippen molar-refractivity contribution in [2.45, 2.75) is 13.0 Å². The normalized spacial score (nSPS) is 17.8. The summed E-state index contributed by atoms with van der Waals surface area (Å²) in [4.78, 5) is 29.6. The number of carbonyl (C=O) groups excluding carboxylic acids is 2. The molecule has 32 heavy (non-hydrogen) atoms. The number of benzene rings is 2. The van der Waals surface area contributed by atoms with E-state index in [-0.39, 0.29) is 22.6 Å². The van der Waals surface area contributed by atoms with Gasteiger partial charge < -0.3 is 24.4 Å². The first-order valence-electron chi connectivity index (χ1n) is 10.1. The number of methoxy groups -OCH3 is 2. The fourth-order valence-corrected chi connectivity index (χ4v) is 4.03. The van der Waals surface area contributed by atoms with E-state index < -0.39 is 17.7 Å². The van der Waals surface area contributed by atoms with Crippen molar-refractivity contribution in [3.05, 3.63) is 63.7 Å². The monoisotopic (exact) mass is 458 g/mol. The molecule has 0 saturated carbocycles. The molecule has 0 aliphatic carbocycles. The van der Waals surface area contributed by atoms with E-state index in [2.05, 4.69) is 0 Å². The number of nitrogens with zero attached hydrogens (tertiary/aromatic N) is 2. The smallest absolute Gasteiger partial charge is 0.295 e. The van der Waals surface area contributed by atoms with E-state index in [0.29, 0.717) is 23.9 Å². The van der Waals surface area contributed by atoms with Crippen LogP contribution in [0.4, 0.5) is 0 Å². The third kappa shape index (κ3) is 4.45. The van der Waals surface area contributed by atoms with Gasteiger partial charge in [0, 0.05) is 19.2 Å². The average molecular weight is 459 g/mol. The Labute approximate surface area is 192 Å². The van der Waals surface area contributed by atoms with Crippen LogP contribution in [-0.4, -0.2) is 68.0 Å². The molecule has 2 aromatic rings. The standard InChI is InChI=1S/C24H27ClN2O5/c1-14-7-6-8-15(11-14)21-20(23(29)24(30)27(21)10-9-26(2)3)22(28)16-12-19(32-5)17(25)13-18(16)31-4/h6-8,11-13,21,28H,9-10H2,1-5H3/b22-20+. The number of likely N-dealkylation sites (N-methyl/N-ethyl adjacent to an activating group) is 1. The summed E-state index contributed by atoms with van der Waals surface area (Å²) in [5.41, 5.74) is 1.94. The number of amides is 1. The summed E-state index contributed by atoms with van der Waals surface area (Å²) in [6.07, 6.45) is 0. The Morgan fingerprint density at radius 1 is 1.12 bits per heavy atom. The maximum atomic E-state index is 13.1. The molecule has 1 aliphatic rings. The molecule has 1 unspecified atom stereocenters. The summed E-state index contributed by atoms with van der Waals surface area (Å²) in [7, 11) is 6.67. The lowest BCUT2D eigenvalue weighted by Crippen LogP contribution is -2.35. The Balaban J connectivity index is 2.25. The molecule has 2 aromatic carbocycles. The number of ether oxygens (including phenoxy) is 2. The van der Waals surface area contributed by atoms with E-state index in [1.807, 2.05) is 50.2 Å². The third-order valence-corrected chi connectivity index (χ3v) is 5.71. The first-order valence-corrected chi connectivity index (χ1v) is 10.5. The highest BCUT2D eigenvalue weighted by atomic mass is 35.5. The van der Waals surface area contributed by atoms with E-state index in [4.69, 9.17) is 21.1 Å². The lowest BCUT2D eigenvalue weighted by Gasteiger charge is -2.27. The summed E-state index contributed by atoms with van der Waals surface area (Å²) < 4.78 is 10.7. The first-order chi connectivity index (χ1) is 15.2. The Hall–Kier alpha value is -3.03. The summed E-state index contributed by atoms with van der Waals surface area (Å²) in [5, 5.41) is 11.6. The summed E-state index contributed by atoms with van der Waals surface area (Å²) in [6, 6.07) is 9.81. The van der Waals surface area contributed by atoms with Crippen molar-refractivity contribution in [2.75, 3.05) is 41.4 Å². The molecule has 0 radical (unpaired) electrons. The van der Waals surface area contributed by atoms with Gasteiger partial charge in [-0.15, -0.1) is 0 Å². The highest BCUT2D eigenvalue weighted by Crippen LogP contribution is 2.43. The number of carbonyl (C=O) groups is 2. The zero-order valence-electron chi connectivity index (χ0n) is 18.8. The van der Waals surface area contributed by atoms with Crippen LogP contribution >= 0.6 is 11.6 Å². The van der Waals surface area contributed by atoms with E-state index in [0.717, 1.165) is 11.1 Å². The molecule has 1 N–H and O–H groups in total. The van der Waals surface area contributed by atoms with E-state index >= 15 is 0 Å². The highest BCUT2D eigenvalue weighted by molar-refractivity contribution is 6.46. The zero-order valence-corrected chi connectivity index (χ0v) is 19.6. The minimum absolute atomic E-state index is 0.00188. The zero-order chi connectivity index (χ0) is 23.6. The van der Waals surface area contributed by atoms with Crippen molar-refractivity contribution < 1.29 is 24.2 Å². The fraction of sp³-hybridized carbons (Fsp3) is 0.333. The van der Waals surface area contributed by atoms with Crippen LogP contribution in [0.2, 0.25) is 5.02 Å². The third-order valence-electron chi connectivity index (χ3n) is 5.41. The van der Waals surface area contributed by atoms with Gasteiger partial charge in [-0.1, -0.05) is 41.4 Å². The number of hydrogen-bond acceptors (Lipinski definition) is 6. The Bertz CT molecular complexity index is 1080. The Morgan fingerprint density at radius 3 is 2.41 bits per heavy atom. The fourth-order valence-electron chi connectivity index (χ4n) is 3.80. The van der Waals surface area contributed by atoms with Crippen molar-refractivity contribution in [1.82, 2.24) is 9.80 Å². The molecule has 1 atom stereocenters. The van der Waals surface area contributed by atoms with Gasteiger partial charge in [0.25, 0.3) is 11.7 Å². The number of ketones is 1. The maximum absolute atomic E-state index is 13.1. The predicted octanol–water partition coefficient (Wildman–Crippen LogP) is 3.65. The molecule has 1 fully saturated rings. The van der Waals surface area contributed by atoms with Crippen LogP contribution in [0.15, 0.2) is 42.0 Å². The lowest BCUT2D eigenvalue weighted by atomic mass is 9.94. The molecule has 1 amide bonds. The van der Waals surface area contributed by atoms with Gasteiger partial charge in [0.05, 0.1) is 36.4 Å². The molecule has 7 nitrogen and oxygen atoms in total. The number of aliphatic hydroxyl groups is 1. The molecule has 3 rings (SSSR count). The number of halogens is 1. The number of likely N-dealkylation sites (tertiary alicyclic amines) is 1. The molecule has 1 saturated heterocycles. The minimum atomic E-state index is -0.747. The van der Waals surface area contributed by atoms with E-state index in [1.165, 1.54) is 31.3 Å². The molecule has 1 aliphatic heterocycles. The predicted molar refractivity (Wildman–Crippen MR) is 123 cm³/mol. The Morgan fingerprint density at radius 2 is 1.81 bits per heavy atom. The molecular weight excluding hydrogens is 432 g/mol. The largest absolute Gasteiger partial charge is 0.507 e. The van der Waals surface area contributed by atoms with Crippen LogP contribution in [-0.2, 0) is 9.59 Å². The van der Waals surface area contributed by atoms with Crippen LogP contribution in [0.5, 0.6) is 11.5 Å². The van der Waals surface area contributed by atoms with E-state index in [9.17, 15) is 14.7 Å². The molecule has 1 heterocycles. The molecule has 170 valence electrons. The summed E-state index contributed by atoms with van der Waals surface area (Å²) in [6.45, 7) is 2.82.